The summed E-state index contributed by atoms with van der Waals surface area (Å²) in [5.74, 6) is -2.99. The maximum Gasteiger partial charge on any atom is 0.333 e. The highest BCUT2D eigenvalue weighted by atomic mass is 35.5. The lowest BCUT2D eigenvalue weighted by molar-refractivity contribution is -0.130. The van der Waals surface area contributed by atoms with Crippen LogP contribution in [0.4, 0.5) is 20.6 Å². The Balaban J connectivity index is 1.52. The molecule has 0 bridgehead atoms. The number of hydrogen-bond acceptors (Lipinski definition) is 6. The maximum atomic E-state index is 14.9. The highest BCUT2D eigenvalue weighted by Crippen LogP contribution is 2.39. The van der Waals surface area contributed by atoms with Crippen LogP contribution in [0.5, 0.6) is 0 Å². The summed E-state index contributed by atoms with van der Waals surface area (Å²) in [4.78, 5) is 38.6. The zero-order valence-corrected chi connectivity index (χ0v) is 19.4. The maximum absolute atomic E-state index is 14.9. The minimum Gasteiger partial charge on any atom is -0.307 e. The predicted octanol–water partition coefficient (Wildman–Crippen LogP) is 3.98. The van der Waals surface area contributed by atoms with Gasteiger partial charge in [0, 0.05) is 17.1 Å². The predicted molar refractivity (Wildman–Crippen MR) is 122 cm³/mol. The number of thiophene rings is 1. The zero-order chi connectivity index (χ0) is 23.9. The molecule has 1 aromatic carbocycles. The highest BCUT2D eigenvalue weighted by molar-refractivity contribution is 7.92. The molecule has 12 heteroatoms. The second-order valence-electron chi connectivity index (χ2n) is 7.51. The summed E-state index contributed by atoms with van der Waals surface area (Å²) in [6.45, 7) is 1.79. The van der Waals surface area contributed by atoms with E-state index in [9.17, 15) is 27.2 Å². The Bertz CT molecular complexity index is 1320. The Morgan fingerprint density at radius 1 is 1.27 bits per heavy atom. The first-order valence-corrected chi connectivity index (χ1v) is 12.4. The van der Waals surface area contributed by atoms with Crippen molar-refractivity contribution >= 4 is 62.2 Å². The molecule has 4 amide bonds. The standard InChI is InChI=1S/C21H17ClFN3O5S2/c1-11-7-13(22)8-12-9-17(27)26(20(28)19(11)12)16-5-4-14(10-15(16)23)24-21(29)25-33(30,31)18-3-2-6-32-18/h2-8,10-11,19H,9H2,1H3,(H2,24,25,29). The summed E-state index contributed by atoms with van der Waals surface area (Å²) < 4.78 is 40.9. The van der Waals surface area contributed by atoms with Crippen LogP contribution >= 0.6 is 22.9 Å². The number of allylic oxidation sites excluding steroid dienone is 3. The Morgan fingerprint density at radius 2 is 2.03 bits per heavy atom. The van der Waals surface area contributed by atoms with Crippen LogP contribution in [-0.4, -0.2) is 26.3 Å². The molecular formula is C21H17ClFN3O5S2. The summed E-state index contributed by atoms with van der Waals surface area (Å²) in [6.07, 6.45) is 3.21. The van der Waals surface area contributed by atoms with E-state index in [1.54, 1.807) is 24.5 Å². The van der Waals surface area contributed by atoms with Gasteiger partial charge in [-0.2, -0.15) is 0 Å². The molecule has 1 saturated heterocycles. The van der Waals surface area contributed by atoms with Crippen LogP contribution in [0.25, 0.3) is 0 Å². The Labute approximate surface area is 197 Å². The smallest absolute Gasteiger partial charge is 0.307 e. The van der Waals surface area contributed by atoms with Gasteiger partial charge in [-0.05, 0) is 47.2 Å². The fraction of sp³-hybridized carbons (Fsp3) is 0.190. The molecule has 2 heterocycles. The number of rotatable bonds is 4. The number of nitrogens with zero attached hydrogens (tertiary/aromatic N) is 1. The molecule has 2 unspecified atom stereocenters. The van der Waals surface area contributed by atoms with Crippen molar-refractivity contribution in [1.29, 1.82) is 0 Å². The second-order valence-corrected chi connectivity index (χ2v) is 10.8. The fourth-order valence-corrected chi connectivity index (χ4v) is 6.06. The number of anilines is 2. The van der Waals surface area contributed by atoms with E-state index in [4.69, 9.17) is 11.6 Å². The van der Waals surface area contributed by atoms with Gasteiger partial charge >= 0.3 is 6.03 Å². The Hall–Kier alpha value is -3.02. The molecule has 1 aromatic heterocycles. The number of nitrogens with one attached hydrogen (secondary N) is 2. The van der Waals surface area contributed by atoms with Crippen LogP contribution in [0.15, 0.2) is 62.7 Å². The van der Waals surface area contributed by atoms with E-state index in [0.717, 1.165) is 22.3 Å². The summed E-state index contributed by atoms with van der Waals surface area (Å²) in [6, 6.07) is 5.11. The van der Waals surface area contributed by atoms with Crippen molar-refractivity contribution < 1.29 is 27.2 Å². The van der Waals surface area contributed by atoms with E-state index >= 15 is 0 Å². The molecule has 2 aliphatic rings. The van der Waals surface area contributed by atoms with Gasteiger partial charge in [0.2, 0.25) is 11.8 Å². The van der Waals surface area contributed by atoms with Gasteiger partial charge in [-0.1, -0.05) is 30.7 Å². The van der Waals surface area contributed by atoms with Crippen LogP contribution < -0.4 is 14.9 Å². The lowest BCUT2D eigenvalue weighted by atomic mass is 9.78. The monoisotopic (exact) mass is 509 g/mol. The van der Waals surface area contributed by atoms with E-state index < -0.39 is 39.6 Å². The summed E-state index contributed by atoms with van der Waals surface area (Å²) in [7, 11) is -4.06. The van der Waals surface area contributed by atoms with Crippen molar-refractivity contribution in [2.24, 2.45) is 11.8 Å². The lowest BCUT2D eigenvalue weighted by Crippen LogP contribution is -2.49. The van der Waals surface area contributed by atoms with Crippen LogP contribution in [0, 0.1) is 17.7 Å². The van der Waals surface area contributed by atoms with Crippen molar-refractivity contribution in [2.45, 2.75) is 17.6 Å². The SMILES string of the molecule is CC1C=C(Cl)C=C2CC(=O)N(c3ccc(NC(=O)NS(=O)(=O)c4cccs4)cc3F)C(=O)C21. The Morgan fingerprint density at radius 3 is 2.70 bits per heavy atom. The number of carbonyl (C=O) groups excluding carboxylic acids is 3. The third-order valence-electron chi connectivity index (χ3n) is 5.20. The molecule has 4 rings (SSSR count). The number of hydrogen-bond donors (Lipinski definition) is 2. The van der Waals surface area contributed by atoms with Gasteiger partial charge in [-0.15, -0.1) is 11.3 Å². The van der Waals surface area contributed by atoms with Gasteiger partial charge in [0.05, 0.1) is 11.6 Å². The third kappa shape index (κ3) is 4.56. The van der Waals surface area contributed by atoms with E-state index in [1.807, 2.05) is 4.72 Å². The molecular weight excluding hydrogens is 493 g/mol. The number of piperidine rings is 1. The molecule has 0 radical (unpaired) electrons. The lowest BCUT2D eigenvalue weighted by Gasteiger charge is -2.36. The topological polar surface area (TPSA) is 113 Å². The zero-order valence-electron chi connectivity index (χ0n) is 17.0. The number of sulfonamides is 1. The molecule has 8 nitrogen and oxygen atoms in total. The van der Waals surface area contributed by atoms with E-state index in [0.29, 0.717) is 10.6 Å². The molecule has 172 valence electrons. The first kappa shape index (κ1) is 23.1. The highest BCUT2D eigenvalue weighted by Gasteiger charge is 2.42. The van der Waals surface area contributed by atoms with Crippen molar-refractivity contribution in [3.8, 4) is 0 Å². The molecule has 1 aliphatic heterocycles. The second kappa shape index (κ2) is 8.73. The van der Waals surface area contributed by atoms with Crippen molar-refractivity contribution in [3.63, 3.8) is 0 Å². The number of urea groups is 1. The number of halogens is 2. The minimum absolute atomic E-state index is 0.0530. The molecule has 2 aromatic rings. The quantitative estimate of drug-likeness (QED) is 0.605. The average molecular weight is 510 g/mol. The van der Waals surface area contributed by atoms with Crippen LogP contribution in [0.3, 0.4) is 0 Å². The Kier molecular flexibility index (Phi) is 6.12. The van der Waals surface area contributed by atoms with Gasteiger partial charge in [0.15, 0.2) is 0 Å². The number of imide groups is 1. The van der Waals surface area contributed by atoms with Gasteiger partial charge in [0.25, 0.3) is 10.0 Å². The first-order valence-electron chi connectivity index (χ1n) is 9.68. The average Bonchev–Trinajstić information content (AvgIpc) is 3.24. The number of benzene rings is 1. The first-order chi connectivity index (χ1) is 15.6. The fourth-order valence-electron chi connectivity index (χ4n) is 3.82. The van der Waals surface area contributed by atoms with Crippen LogP contribution in [0.2, 0.25) is 0 Å². The molecule has 2 atom stereocenters. The van der Waals surface area contributed by atoms with Gasteiger partial charge in [-0.3, -0.25) is 9.59 Å². The van der Waals surface area contributed by atoms with E-state index in [1.165, 1.54) is 24.3 Å². The summed E-state index contributed by atoms with van der Waals surface area (Å²) in [5, 5.41) is 4.22. The molecule has 1 aliphatic carbocycles. The van der Waals surface area contributed by atoms with Crippen LogP contribution in [-0.2, 0) is 19.6 Å². The van der Waals surface area contributed by atoms with E-state index in [-0.39, 0.29) is 27.9 Å². The van der Waals surface area contributed by atoms with Crippen molar-refractivity contribution in [1.82, 2.24) is 4.72 Å². The largest absolute Gasteiger partial charge is 0.333 e. The number of carbonyl (C=O) groups is 3. The molecule has 0 spiro atoms. The van der Waals surface area contributed by atoms with Gasteiger partial charge in [-0.25, -0.2) is 27.2 Å². The molecule has 33 heavy (non-hydrogen) atoms. The number of amides is 4. The van der Waals surface area contributed by atoms with Gasteiger partial charge in [0.1, 0.15) is 10.0 Å². The molecule has 1 fully saturated rings. The minimum atomic E-state index is -4.06. The normalized spacial score (nSPS) is 20.6. The third-order valence-corrected chi connectivity index (χ3v) is 8.16. The molecule has 2 N–H and O–H groups in total. The summed E-state index contributed by atoms with van der Waals surface area (Å²) in [5.41, 5.74) is 0.269. The van der Waals surface area contributed by atoms with E-state index in [2.05, 4.69) is 5.32 Å². The van der Waals surface area contributed by atoms with Crippen molar-refractivity contribution in [3.05, 3.63) is 64.3 Å². The molecule has 0 saturated carbocycles. The van der Waals surface area contributed by atoms with Gasteiger partial charge < -0.3 is 5.32 Å². The summed E-state index contributed by atoms with van der Waals surface area (Å²) >= 11 is 6.98. The van der Waals surface area contributed by atoms with Crippen molar-refractivity contribution in [2.75, 3.05) is 10.2 Å². The van der Waals surface area contributed by atoms with Crippen LogP contribution in [0.1, 0.15) is 13.3 Å². The number of fused-ring (bicyclic) bond motifs is 1.